The minimum absolute atomic E-state index is 0.0499. The van der Waals surface area contributed by atoms with Gasteiger partial charge in [-0.1, -0.05) is 29.8 Å². The zero-order valence-corrected chi connectivity index (χ0v) is 16.7. The monoisotopic (exact) mass is 438 g/mol. The number of alkyl halides is 3. The van der Waals surface area contributed by atoms with Crippen molar-refractivity contribution in [3.63, 3.8) is 0 Å². The highest BCUT2D eigenvalue weighted by Crippen LogP contribution is 2.65. The fourth-order valence-electron chi connectivity index (χ4n) is 5.59. The number of hydrogen-bond donors (Lipinski definition) is 0. The van der Waals surface area contributed by atoms with Gasteiger partial charge in [0, 0.05) is 5.02 Å². The fraction of sp³-hybridized carbons (Fsp3) is 0.476. The SMILES string of the molecule is Cc1c(Cl)cccc1N(CN1C(=O)C2C3C=CC(C4CC34)C2C1=O)C(=O)C(F)(F)F. The predicted molar refractivity (Wildman–Crippen MR) is 101 cm³/mol. The largest absolute Gasteiger partial charge is 0.471 e. The van der Waals surface area contributed by atoms with Crippen LogP contribution in [0.15, 0.2) is 30.4 Å². The maximum Gasteiger partial charge on any atom is 0.471 e. The molecule has 5 aliphatic rings. The van der Waals surface area contributed by atoms with Gasteiger partial charge in [-0.3, -0.25) is 24.2 Å². The molecule has 4 aliphatic carbocycles. The Hall–Kier alpha value is -2.35. The molecular formula is C21H18ClF3N2O3. The Morgan fingerprint density at radius 1 is 1.13 bits per heavy atom. The summed E-state index contributed by atoms with van der Waals surface area (Å²) in [5, 5.41) is 0.183. The minimum atomic E-state index is -5.17. The molecule has 5 nitrogen and oxygen atoms in total. The van der Waals surface area contributed by atoms with Gasteiger partial charge < -0.3 is 0 Å². The first-order chi connectivity index (χ1) is 14.1. The van der Waals surface area contributed by atoms with E-state index in [1.54, 1.807) is 0 Å². The van der Waals surface area contributed by atoms with Crippen LogP contribution < -0.4 is 4.90 Å². The van der Waals surface area contributed by atoms with E-state index in [-0.39, 0.29) is 28.1 Å². The lowest BCUT2D eigenvalue weighted by Gasteiger charge is -2.37. The van der Waals surface area contributed by atoms with Crippen molar-refractivity contribution < 1.29 is 27.6 Å². The summed E-state index contributed by atoms with van der Waals surface area (Å²) in [7, 11) is 0. The summed E-state index contributed by atoms with van der Waals surface area (Å²) in [5.74, 6) is -3.56. The number of rotatable bonds is 3. The lowest BCUT2D eigenvalue weighted by molar-refractivity contribution is -0.171. The van der Waals surface area contributed by atoms with Crippen molar-refractivity contribution in [3.8, 4) is 0 Å². The Kier molecular flexibility index (Phi) is 4.13. The van der Waals surface area contributed by atoms with Gasteiger partial charge in [-0.2, -0.15) is 13.2 Å². The predicted octanol–water partition coefficient (Wildman–Crippen LogP) is 3.55. The van der Waals surface area contributed by atoms with E-state index < -0.39 is 42.4 Å². The van der Waals surface area contributed by atoms with Crippen LogP contribution >= 0.6 is 11.6 Å². The Labute approximate surface area is 175 Å². The van der Waals surface area contributed by atoms with Gasteiger partial charge in [0.2, 0.25) is 11.8 Å². The van der Waals surface area contributed by atoms with E-state index in [1.807, 2.05) is 12.2 Å². The van der Waals surface area contributed by atoms with Gasteiger partial charge in [0.15, 0.2) is 0 Å². The number of anilines is 1. The molecule has 0 aromatic heterocycles. The number of benzene rings is 1. The number of likely N-dealkylation sites (tertiary alicyclic amines) is 1. The Morgan fingerprint density at radius 3 is 2.23 bits per heavy atom. The molecule has 2 saturated carbocycles. The second-order valence-electron chi connectivity index (χ2n) is 8.52. The van der Waals surface area contributed by atoms with Gasteiger partial charge in [0.25, 0.3) is 0 Å². The summed E-state index contributed by atoms with van der Waals surface area (Å²) in [4.78, 5) is 39.7. The van der Waals surface area contributed by atoms with Crippen LogP contribution in [-0.2, 0) is 14.4 Å². The lowest BCUT2D eigenvalue weighted by Crippen LogP contribution is -2.49. The number of nitrogens with zero attached hydrogens (tertiary/aromatic N) is 2. The number of carbonyl (C=O) groups is 3. The van der Waals surface area contributed by atoms with E-state index in [0.29, 0.717) is 16.7 Å². The normalized spacial score (nSPS) is 33.6. The molecule has 1 heterocycles. The van der Waals surface area contributed by atoms with Crippen LogP contribution in [0.3, 0.4) is 0 Å². The molecule has 6 atom stereocenters. The van der Waals surface area contributed by atoms with Crippen molar-refractivity contribution >= 4 is 35.0 Å². The molecule has 1 aromatic rings. The van der Waals surface area contributed by atoms with Gasteiger partial charge in [0.1, 0.15) is 6.67 Å². The third-order valence-corrected chi connectivity index (χ3v) is 7.46. The van der Waals surface area contributed by atoms with Crippen molar-refractivity contribution in [2.75, 3.05) is 11.6 Å². The number of imide groups is 1. The van der Waals surface area contributed by atoms with E-state index >= 15 is 0 Å². The van der Waals surface area contributed by atoms with E-state index in [4.69, 9.17) is 11.6 Å². The van der Waals surface area contributed by atoms with Crippen LogP contribution in [0.2, 0.25) is 5.02 Å². The van der Waals surface area contributed by atoms with Crippen molar-refractivity contribution in [1.82, 2.24) is 4.90 Å². The molecule has 0 N–H and O–H groups in total. The lowest BCUT2D eigenvalue weighted by atomic mass is 9.63. The topological polar surface area (TPSA) is 57.7 Å². The van der Waals surface area contributed by atoms with Gasteiger partial charge >= 0.3 is 12.1 Å². The highest BCUT2D eigenvalue weighted by molar-refractivity contribution is 6.31. The number of amides is 3. The number of halogens is 4. The Balaban J connectivity index is 1.50. The molecule has 3 amide bonds. The van der Waals surface area contributed by atoms with Crippen LogP contribution in [0, 0.1) is 42.4 Å². The summed E-state index contributed by atoms with van der Waals surface area (Å²) in [6.45, 7) is 0.707. The molecular weight excluding hydrogens is 421 g/mol. The van der Waals surface area contributed by atoms with E-state index in [2.05, 4.69) is 0 Å². The molecule has 6 rings (SSSR count). The van der Waals surface area contributed by atoms with Crippen LogP contribution in [0.4, 0.5) is 18.9 Å². The Bertz CT molecular complexity index is 972. The fourth-order valence-corrected chi connectivity index (χ4v) is 5.76. The zero-order chi connectivity index (χ0) is 21.5. The summed E-state index contributed by atoms with van der Waals surface area (Å²) < 4.78 is 40.0. The van der Waals surface area contributed by atoms with Crippen LogP contribution in [0.5, 0.6) is 0 Å². The van der Waals surface area contributed by atoms with E-state index in [9.17, 15) is 27.6 Å². The third-order valence-electron chi connectivity index (χ3n) is 7.05. The second-order valence-corrected chi connectivity index (χ2v) is 8.92. The van der Waals surface area contributed by atoms with Crippen LogP contribution in [0.1, 0.15) is 12.0 Å². The van der Waals surface area contributed by atoms with Gasteiger partial charge in [-0.05, 0) is 54.7 Å². The summed E-state index contributed by atoms with van der Waals surface area (Å²) in [5.41, 5.74) is 0.181. The minimum Gasteiger partial charge on any atom is -0.285 e. The molecule has 1 aromatic carbocycles. The standard InChI is InChI=1S/C21H18ClF3N2O3/c1-9-14(22)3-2-4-15(9)26(20(30)21(23,24)25)8-27-18(28)16-10-5-6-11(13-7-12(10)13)17(16)19(27)29/h2-6,10-13,16-17H,7-8H2,1H3. The second kappa shape index (κ2) is 6.33. The first-order valence-corrected chi connectivity index (χ1v) is 10.2. The number of carbonyl (C=O) groups excluding carboxylic acids is 3. The number of hydrogen-bond acceptors (Lipinski definition) is 3. The first kappa shape index (κ1) is 19.6. The quantitative estimate of drug-likeness (QED) is 0.535. The molecule has 0 radical (unpaired) electrons. The van der Waals surface area contributed by atoms with Crippen molar-refractivity contribution in [2.24, 2.45) is 35.5 Å². The summed E-state index contributed by atoms with van der Waals surface area (Å²) in [6.07, 6.45) is -0.227. The van der Waals surface area contributed by atoms with Gasteiger partial charge in [0.05, 0.1) is 17.5 Å². The molecule has 2 bridgehead atoms. The highest BCUT2D eigenvalue weighted by Gasteiger charge is 2.67. The molecule has 30 heavy (non-hydrogen) atoms. The van der Waals surface area contributed by atoms with Crippen molar-refractivity contribution in [3.05, 3.63) is 40.9 Å². The third kappa shape index (κ3) is 2.65. The van der Waals surface area contributed by atoms with E-state index in [1.165, 1.54) is 25.1 Å². The maximum absolute atomic E-state index is 13.3. The average molecular weight is 439 g/mol. The summed E-state index contributed by atoms with van der Waals surface area (Å²) >= 11 is 6.04. The van der Waals surface area contributed by atoms with Crippen molar-refractivity contribution in [1.29, 1.82) is 0 Å². The molecule has 9 heteroatoms. The Morgan fingerprint density at radius 2 is 1.70 bits per heavy atom. The molecule has 1 saturated heterocycles. The molecule has 1 aliphatic heterocycles. The zero-order valence-electron chi connectivity index (χ0n) is 15.9. The number of allylic oxidation sites excluding steroid dienone is 2. The van der Waals surface area contributed by atoms with Gasteiger partial charge in [-0.15, -0.1) is 0 Å². The van der Waals surface area contributed by atoms with Gasteiger partial charge in [-0.25, -0.2) is 0 Å². The highest BCUT2D eigenvalue weighted by atomic mass is 35.5. The molecule has 158 valence electrons. The summed E-state index contributed by atoms with van der Waals surface area (Å²) in [6, 6.07) is 4.24. The molecule has 0 spiro atoms. The van der Waals surface area contributed by atoms with Crippen LogP contribution in [0.25, 0.3) is 0 Å². The van der Waals surface area contributed by atoms with Crippen molar-refractivity contribution in [2.45, 2.75) is 19.5 Å². The first-order valence-electron chi connectivity index (χ1n) is 9.78. The average Bonchev–Trinajstić information content (AvgIpc) is 3.47. The maximum atomic E-state index is 13.3. The molecule has 3 fully saturated rings. The molecule has 6 unspecified atom stereocenters. The van der Waals surface area contributed by atoms with Crippen LogP contribution in [-0.4, -0.2) is 35.5 Å². The smallest absolute Gasteiger partial charge is 0.285 e. The van der Waals surface area contributed by atoms with E-state index in [0.717, 1.165) is 11.3 Å².